The maximum absolute atomic E-state index is 13.0. The Balaban J connectivity index is 0.00000140. The van der Waals surface area contributed by atoms with Crippen molar-refractivity contribution < 1.29 is 9.53 Å². The monoisotopic (exact) mass is 425 g/mol. The Morgan fingerprint density at radius 3 is 2.64 bits per heavy atom. The Hall–Kier alpha value is -1.40. The van der Waals surface area contributed by atoms with E-state index in [1.165, 1.54) is 12.8 Å². The van der Waals surface area contributed by atoms with Crippen molar-refractivity contribution >= 4 is 41.6 Å². The minimum Gasteiger partial charge on any atom is -0.384 e. The number of nitrogens with one attached hydrogen (secondary N) is 2. The van der Waals surface area contributed by atoms with Crippen molar-refractivity contribution in [3.05, 3.63) is 41.6 Å². The van der Waals surface area contributed by atoms with Crippen LogP contribution in [0.1, 0.15) is 47.7 Å². The van der Waals surface area contributed by atoms with E-state index in [0.29, 0.717) is 19.1 Å². The van der Waals surface area contributed by atoms with Gasteiger partial charge in [0.1, 0.15) is 0 Å². The van der Waals surface area contributed by atoms with Gasteiger partial charge in [0.25, 0.3) is 5.91 Å². The summed E-state index contributed by atoms with van der Waals surface area (Å²) in [4.78, 5) is 17.8. The van der Waals surface area contributed by atoms with Crippen molar-refractivity contribution in [1.82, 2.24) is 15.6 Å². The first kappa shape index (κ1) is 22.9. The molecule has 0 spiro atoms. The molecule has 2 N–H and O–H groups in total. The number of piperidine rings is 1. The van der Waals surface area contributed by atoms with Gasteiger partial charge in [0, 0.05) is 36.1 Å². The molecule has 1 saturated heterocycles. The third kappa shape index (κ3) is 4.95. The number of hydrogen-bond donors (Lipinski definition) is 2. The average molecular weight is 426 g/mol. The largest absolute Gasteiger partial charge is 0.384 e. The average Bonchev–Trinajstić information content (AvgIpc) is 3.52. The van der Waals surface area contributed by atoms with Crippen LogP contribution in [-0.4, -0.2) is 44.2 Å². The van der Waals surface area contributed by atoms with E-state index < -0.39 is 0 Å². The molecule has 1 amide bonds. The van der Waals surface area contributed by atoms with Crippen LogP contribution in [0, 0.1) is 5.41 Å². The van der Waals surface area contributed by atoms with E-state index in [1.807, 2.05) is 30.3 Å². The molecule has 2 aliphatic rings. The van der Waals surface area contributed by atoms with Crippen LogP contribution >= 0.6 is 24.8 Å². The lowest BCUT2D eigenvalue weighted by atomic mass is 9.79. The van der Waals surface area contributed by atoms with Gasteiger partial charge in [-0.25, -0.2) is 0 Å². The van der Waals surface area contributed by atoms with Gasteiger partial charge in [-0.15, -0.1) is 24.8 Å². The number of para-hydroxylation sites is 1. The summed E-state index contributed by atoms with van der Waals surface area (Å²) >= 11 is 0. The number of rotatable bonds is 6. The van der Waals surface area contributed by atoms with E-state index in [2.05, 4.69) is 10.6 Å². The molecule has 0 radical (unpaired) electrons. The van der Waals surface area contributed by atoms with Crippen LogP contribution in [0.2, 0.25) is 0 Å². The maximum atomic E-state index is 13.0. The number of nitrogens with zero attached hydrogens (tertiary/aromatic N) is 1. The van der Waals surface area contributed by atoms with Crippen LogP contribution < -0.4 is 10.6 Å². The molecule has 1 aliphatic carbocycles. The van der Waals surface area contributed by atoms with Gasteiger partial charge >= 0.3 is 0 Å². The topological polar surface area (TPSA) is 63.2 Å². The zero-order valence-electron chi connectivity index (χ0n) is 16.2. The molecule has 1 aromatic carbocycles. The third-order valence-corrected chi connectivity index (χ3v) is 5.71. The second kappa shape index (κ2) is 9.88. The molecular formula is C21H29Cl2N3O2. The molecule has 1 saturated carbocycles. The van der Waals surface area contributed by atoms with Gasteiger partial charge in [-0.05, 0) is 50.9 Å². The first-order valence-electron chi connectivity index (χ1n) is 9.58. The van der Waals surface area contributed by atoms with Gasteiger partial charge in [0.05, 0.1) is 17.7 Å². The number of hydrogen-bond acceptors (Lipinski definition) is 4. The highest BCUT2D eigenvalue weighted by Crippen LogP contribution is 2.40. The van der Waals surface area contributed by atoms with Crippen molar-refractivity contribution in [2.45, 2.75) is 31.6 Å². The van der Waals surface area contributed by atoms with Crippen LogP contribution in [0.4, 0.5) is 0 Å². The molecular weight excluding hydrogens is 397 g/mol. The number of halogens is 2. The number of carbonyl (C=O) groups is 1. The summed E-state index contributed by atoms with van der Waals surface area (Å²) in [7, 11) is 1.74. The molecule has 1 aromatic heterocycles. The lowest BCUT2D eigenvalue weighted by Crippen LogP contribution is -2.47. The van der Waals surface area contributed by atoms with E-state index in [1.54, 1.807) is 7.11 Å². The molecule has 5 nitrogen and oxygen atoms in total. The molecule has 2 aromatic rings. The fourth-order valence-corrected chi connectivity index (χ4v) is 3.97. The van der Waals surface area contributed by atoms with Gasteiger partial charge in [-0.1, -0.05) is 18.2 Å². The lowest BCUT2D eigenvalue weighted by Gasteiger charge is -2.37. The molecule has 0 bridgehead atoms. The zero-order chi connectivity index (χ0) is 18.0. The zero-order valence-corrected chi connectivity index (χ0v) is 17.8. The molecule has 28 heavy (non-hydrogen) atoms. The summed E-state index contributed by atoms with van der Waals surface area (Å²) in [5, 5.41) is 7.52. The van der Waals surface area contributed by atoms with Crippen molar-refractivity contribution in [3.63, 3.8) is 0 Å². The SMILES string of the molecule is COCC1(CNC(=O)c2cc(C3CC3)nc3ccccc23)CCNCC1.Cl.Cl. The number of pyridine rings is 1. The van der Waals surface area contributed by atoms with E-state index >= 15 is 0 Å². The van der Waals surface area contributed by atoms with E-state index in [4.69, 9.17) is 9.72 Å². The summed E-state index contributed by atoms with van der Waals surface area (Å²) < 4.78 is 5.46. The quantitative estimate of drug-likeness (QED) is 0.740. The number of fused-ring (bicyclic) bond motifs is 1. The minimum absolute atomic E-state index is 0. The first-order chi connectivity index (χ1) is 12.7. The summed E-state index contributed by atoms with van der Waals surface area (Å²) in [5.74, 6) is 0.523. The fourth-order valence-electron chi connectivity index (χ4n) is 3.97. The van der Waals surface area contributed by atoms with Crippen molar-refractivity contribution in [3.8, 4) is 0 Å². The Labute approximate surface area is 178 Å². The van der Waals surface area contributed by atoms with Gasteiger partial charge in [-0.3, -0.25) is 9.78 Å². The Kier molecular flexibility index (Phi) is 8.07. The van der Waals surface area contributed by atoms with Crippen LogP contribution in [0.25, 0.3) is 10.9 Å². The van der Waals surface area contributed by atoms with Crippen LogP contribution in [0.3, 0.4) is 0 Å². The Morgan fingerprint density at radius 2 is 1.96 bits per heavy atom. The fraction of sp³-hybridized carbons (Fsp3) is 0.524. The van der Waals surface area contributed by atoms with Gasteiger partial charge in [-0.2, -0.15) is 0 Å². The van der Waals surface area contributed by atoms with E-state index in [-0.39, 0.29) is 36.1 Å². The van der Waals surface area contributed by atoms with Crippen molar-refractivity contribution in [2.24, 2.45) is 5.41 Å². The normalized spacial score (nSPS) is 18.0. The number of carbonyl (C=O) groups excluding carboxylic acids is 1. The van der Waals surface area contributed by atoms with Crippen LogP contribution in [0.15, 0.2) is 30.3 Å². The Morgan fingerprint density at radius 1 is 1.25 bits per heavy atom. The van der Waals surface area contributed by atoms with Crippen LogP contribution in [-0.2, 0) is 4.74 Å². The highest BCUT2D eigenvalue weighted by Gasteiger charge is 2.33. The molecule has 1 aliphatic heterocycles. The molecule has 2 fully saturated rings. The van der Waals surface area contributed by atoms with E-state index in [9.17, 15) is 4.79 Å². The lowest BCUT2D eigenvalue weighted by molar-refractivity contribution is 0.0512. The molecule has 2 heterocycles. The minimum atomic E-state index is -0.000453. The summed E-state index contributed by atoms with van der Waals surface area (Å²) in [5.41, 5.74) is 2.74. The number of amides is 1. The second-order valence-corrected chi connectivity index (χ2v) is 7.75. The number of ether oxygens (including phenoxy) is 1. The highest BCUT2D eigenvalue weighted by atomic mass is 35.5. The highest BCUT2D eigenvalue weighted by molar-refractivity contribution is 6.06. The van der Waals surface area contributed by atoms with Gasteiger partial charge < -0.3 is 15.4 Å². The van der Waals surface area contributed by atoms with Crippen molar-refractivity contribution in [1.29, 1.82) is 0 Å². The molecule has 0 atom stereocenters. The van der Waals surface area contributed by atoms with Crippen molar-refractivity contribution in [2.75, 3.05) is 33.4 Å². The predicted molar refractivity (Wildman–Crippen MR) is 117 cm³/mol. The second-order valence-electron chi connectivity index (χ2n) is 7.75. The number of aromatic nitrogens is 1. The molecule has 0 unspecified atom stereocenters. The van der Waals surface area contributed by atoms with Gasteiger partial charge in [0.15, 0.2) is 0 Å². The summed E-state index contributed by atoms with van der Waals surface area (Å²) in [6.45, 7) is 3.28. The number of methoxy groups -OCH3 is 1. The maximum Gasteiger partial charge on any atom is 0.252 e. The first-order valence-corrected chi connectivity index (χ1v) is 9.58. The number of benzene rings is 1. The van der Waals surface area contributed by atoms with Crippen LogP contribution in [0.5, 0.6) is 0 Å². The Bertz CT molecular complexity index is 800. The summed E-state index contributed by atoms with van der Waals surface area (Å²) in [6.07, 6.45) is 4.39. The standard InChI is InChI=1S/C21H27N3O2.2ClH/c1-26-14-21(8-10-22-11-9-21)13-23-20(25)17-12-19(15-6-7-15)24-18-5-3-2-4-16(17)18;;/h2-5,12,15,22H,6-11,13-14H2,1H3,(H,23,25);2*1H. The molecule has 4 rings (SSSR count). The predicted octanol–water partition coefficient (Wildman–Crippen LogP) is 3.70. The molecule has 7 heteroatoms. The van der Waals surface area contributed by atoms with Gasteiger partial charge in [0.2, 0.25) is 0 Å². The molecule has 154 valence electrons. The smallest absolute Gasteiger partial charge is 0.252 e. The summed E-state index contributed by atoms with van der Waals surface area (Å²) in [6, 6.07) is 9.94. The third-order valence-electron chi connectivity index (χ3n) is 5.71. The van der Waals surface area contributed by atoms with E-state index in [0.717, 1.165) is 48.1 Å².